The Bertz CT molecular complexity index is 685. The van der Waals surface area contributed by atoms with Crippen LogP contribution in [0.25, 0.3) is 0 Å². The molecule has 22 heavy (non-hydrogen) atoms. The molecule has 1 N–H and O–H groups in total. The molecule has 0 amide bonds. The van der Waals surface area contributed by atoms with E-state index in [1.165, 1.54) is 4.31 Å². The van der Waals surface area contributed by atoms with Crippen molar-refractivity contribution < 1.29 is 23.0 Å². The van der Waals surface area contributed by atoms with E-state index in [1.54, 1.807) is 0 Å². The molecule has 1 saturated heterocycles. The summed E-state index contributed by atoms with van der Waals surface area (Å²) >= 11 is 0. The normalized spacial score (nSPS) is 28.8. The van der Waals surface area contributed by atoms with Crippen molar-refractivity contribution in [3.05, 3.63) is 23.8 Å². The van der Waals surface area contributed by atoms with Gasteiger partial charge < -0.3 is 14.6 Å². The first-order valence-corrected chi connectivity index (χ1v) is 9.12. The fourth-order valence-corrected chi connectivity index (χ4v) is 5.12. The Hall–Kier alpha value is -1.31. The number of hydrogen-bond donors (Lipinski definition) is 1. The van der Waals surface area contributed by atoms with Crippen LogP contribution in [0.2, 0.25) is 0 Å². The third-order valence-electron chi connectivity index (χ3n) is 4.67. The van der Waals surface area contributed by atoms with Gasteiger partial charge in [-0.15, -0.1) is 0 Å². The van der Waals surface area contributed by atoms with Gasteiger partial charge in [0.15, 0.2) is 11.5 Å². The van der Waals surface area contributed by atoms with Crippen LogP contribution >= 0.6 is 0 Å². The smallest absolute Gasteiger partial charge is 0.231 e. The first kappa shape index (κ1) is 14.3. The Morgan fingerprint density at radius 1 is 1.14 bits per heavy atom. The fraction of sp³-hybridized carbons (Fsp3) is 0.600. The van der Waals surface area contributed by atoms with Gasteiger partial charge in [0, 0.05) is 19.0 Å². The molecule has 1 aromatic carbocycles. The summed E-state index contributed by atoms with van der Waals surface area (Å²) in [5, 5.41) is 10.2. The van der Waals surface area contributed by atoms with Crippen molar-refractivity contribution in [1.29, 1.82) is 0 Å². The van der Waals surface area contributed by atoms with Crippen molar-refractivity contribution >= 4 is 10.0 Å². The molecule has 1 saturated carbocycles. The molecular formula is C15H19NO5S. The number of aliphatic hydroxyl groups excluding tert-OH is 1. The van der Waals surface area contributed by atoms with Gasteiger partial charge in [-0.25, -0.2) is 8.42 Å². The van der Waals surface area contributed by atoms with Gasteiger partial charge in [-0.1, -0.05) is 6.07 Å². The highest BCUT2D eigenvalue weighted by molar-refractivity contribution is 7.90. The molecule has 0 aromatic heterocycles. The number of β-amino-alcohol motifs (C(OH)–C–C–N with tert-alkyl or cyclic N) is 1. The first-order valence-electron chi connectivity index (χ1n) is 7.62. The Balaban J connectivity index is 1.51. The molecule has 1 aromatic rings. The average Bonchev–Trinajstić information content (AvgIpc) is 3.26. The fourth-order valence-electron chi connectivity index (χ4n) is 3.24. The van der Waals surface area contributed by atoms with Gasteiger partial charge in [0.25, 0.3) is 0 Å². The monoisotopic (exact) mass is 325 g/mol. The van der Waals surface area contributed by atoms with Gasteiger partial charge in [-0.3, -0.25) is 0 Å². The van der Waals surface area contributed by atoms with Gasteiger partial charge in [0.1, 0.15) is 0 Å². The number of piperidine rings is 1. The van der Waals surface area contributed by atoms with E-state index in [0.29, 0.717) is 24.5 Å². The summed E-state index contributed by atoms with van der Waals surface area (Å²) in [5.41, 5.74) is 0.972. The lowest BCUT2D eigenvalue weighted by atomic mass is 9.88. The van der Waals surface area contributed by atoms with Crippen LogP contribution in [0.4, 0.5) is 0 Å². The quantitative estimate of drug-likeness (QED) is 0.899. The van der Waals surface area contributed by atoms with E-state index in [4.69, 9.17) is 9.47 Å². The van der Waals surface area contributed by atoms with E-state index in [2.05, 4.69) is 0 Å². The minimum atomic E-state index is -3.21. The molecule has 2 aliphatic heterocycles. The summed E-state index contributed by atoms with van der Waals surface area (Å²) in [6, 6.07) is 5.66. The highest BCUT2D eigenvalue weighted by Crippen LogP contribution is 2.39. The Morgan fingerprint density at radius 3 is 2.64 bits per heavy atom. The molecule has 0 spiro atoms. The number of nitrogens with zero attached hydrogens (tertiary/aromatic N) is 1. The predicted molar refractivity (Wildman–Crippen MR) is 79.4 cm³/mol. The molecular weight excluding hydrogens is 306 g/mol. The largest absolute Gasteiger partial charge is 0.454 e. The Kier molecular flexibility index (Phi) is 3.32. The van der Waals surface area contributed by atoms with Crippen molar-refractivity contribution in [2.24, 2.45) is 0 Å². The van der Waals surface area contributed by atoms with Crippen molar-refractivity contribution in [2.45, 2.75) is 36.5 Å². The summed E-state index contributed by atoms with van der Waals surface area (Å²) in [4.78, 5) is 0. The topological polar surface area (TPSA) is 76.1 Å². The second-order valence-electron chi connectivity index (χ2n) is 6.18. The molecule has 120 valence electrons. The van der Waals surface area contributed by atoms with Crippen LogP contribution in [0.5, 0.6) is 11.5 Å². The minimum Gasteiger partial charge on any atom is -0.454 e. The van der Waals surface area contributed by atoms with Gasteiger partial charge in [0.2, 0.25) is 16.8 Å². The molecule has 2 fully saturated rings. The molecule has 3 aliphatic rings. The molecule has 2 heterocycles. The zero-order chi connectivity index (χ0) is 15.3. The average molecular weight is 325 g/mol. The maximum Gasteiger partial charge on any atom is 0.231 e. The maximum atomic E-state index is 12.3. The van der Waals surface area contributed by atoms with Crippen LogP contribution in [0.1, 0.15) is 30.7 Å². The summed E-state index contributed by atoms with van der Waals surface area (Å²) in [6.45, 7) is 0.867. The summed E-state index contributed by atoms with van der Waals surface area (Å²) in [5.74, 6) is 1.34. The zero-order valence-corrected chi connectivity index (χ0v) is 13.0. The zero-order valence-electron chi connectivity index (χ0n) is 12.1. The van der Waals surface area contributed by atoms with Crippen molar-refractivity contribution in [3.8, 4) is 11.5 Å². The summed E-state index contributed by atoms with van der Waals surface area (Å²) < 4.78 is 36.7. The van der Waals surface area contributed by atoms with Crippen LogP contribution in [0.15, 0.2) is 18.2 Å². The van der Waals surface area contributed by atoms with Gasteiger partial charge in [-0.05, 0) is 37.0 Å². The van der Waals surface area contributed by atoms with Crippen molar-refractivity contribution in [3.63, 3.8) is 0 Å². The van der Waals surface area contributed by atoms with Crippen LogP contribution in [-0.4, -0.2) is 49.1 Å². The molecule has 0 unspecified atom stereocenters. The summed E-state index contributed by atoms with van der Waals surface area (Å²) in [7, 11) is -3.21. The molecule has 6 nitrogen and oxygen atoms in total. The summed E-state index contributed by atoms with van der Waals surface area (Å²) in [6.07, 6.45) is 1.43. The number of fused-ring (bicyclic) bond motifs is 1. The molecule has 0 bridgehead atoms. The third-order valence-corrected chi connectivity index (χ3v) is 7.04. The van der Waals surface area contributed by atoms with E-state index in [0.717, 1.165) is 18.4 Å². The first-order chi connectivity index (χ1) is 10.6. The standard InChI is InChI=1S/C15H19NO5S/c17-13-8-16(22(18,19)11-2-3-11)6-5-12(13)10-1-4-14-15(7-10)21-9-20-14/h1,4,7,11-13,17H,2-3,5-6,8-9H2/t12-,13+/m0/s1. The maximum absolute atomic E-state index is 12.3. The molecule has 4 rings (SSSR count). The Labute approximate surface area is 129 Å². The molecule has 1 aliphatic carbocycles. The van der Waals surface area contributed by atoms with E-state index >= 15 is 0 Å². The SMILES string of the molecule is O=S(=O)(C1CC1)N1CC[C@@H](c2ccc3c(c2)OCO3)[C@H](O)C1. The lowest BCUT2D eigenvalue weighted by Gasteiger charge is -2.35. The molecule has 7 heteroatoms. The second kappa shape index (κ2) is 5.11. The number of hydrogen-bond acceptors (Lipinski definition) is 5. The van der Waals surface area contributed by atoms with E-state index in [9.17, 15) is 13.5 Å². The van der Waals surface area contributed by atoms with Crippen molar-refractivity contribution in [1.82, 2.24) is 4.31 Å². The molecule has 2 atom stereocenters. The van der Waals surface area contributed by atoms with E-state index in [-0.39, 0.29) is 24.5 Å². The minimum absolute atomic E-state index is 0.0693. The van der Waals surface area contributed by atoms with Gasteiger partial charge in [-0.2, -0.15) is 4.31 Å². The highest BCUT2D eigenvalue weighted by Gasteiger charge is 2.43. The second-order valence-corrected chi connectivity index (χ2v) is 8.39. The number of sulfonamides is 1. The van der Waals surface area contributed by atoms with Crippen LogP contribution in [0.3, 0.4) is 0 Å². The predicted octanol–water partition coefficient (Wildman–Crippen LogP) is 1.06. The lowest BCUT2D eigenvalue weighted by molar-refractivity contribution is 0.0853. The van der Waals surface area contributed by atoms with E-state index < -0.39 is 16.1 Å². The highest BCUT2D eigenvalue weighted by atomic mass is 32.2. The lowest BCUT2D eigenvalue weighted by Crippen LogP contribution is -2.46. The van der Waals surface area contributed by atoms with E-state index in [1.807, 2.05) is 18.2 Å². The number of rotatable bonds is 3. The molecule has 0 radical (unpaired) electrons. The van der Waals surface area contributed by atoms with Crippen molar-refractivity contribution in [2.75, 3.05) is 19.9 Å². The third kappa shape index (κ3) is 2.37. The Morgan fingerprint density at radius 2 is 1.91 bits per heavy atom. The number of ether oxygens (including phenoxy) is 2. The van der Waals surface area contributed by atoms with Gasteiger partial charge >= 0.3 is 0 Å². The number of aliphatic hydroxyl groups is 1. The van der Waals surface area contributed by atoms with Crippen LogP contribution < -0.4 is 9.47 Å². The van der Waals surface area contributed by atoms with Crippen LogP contribution in [-0.2, 0) is 10.0 Å². The van der Waals surface area contributed by atoms with Crippen LogP contribution in [0, 0.1) is 0 Å². The number of benzene rings is 1. The van der Waals surface area contributed by atoms with Gasteiger partial charge in [0.05, 0.1) is 11.4 Å².